The second-order valence-electron chi connectivity index (χ2n) is 10.4. The van der Waals surface area contributed by atoms with Crippen LogP contribution in [-0.4, -0.2) is 48.3 Å². The van der Waals surface area contributed by atoms with Gasteiger partial charge in [-0.1, -0.05) is 63.2 Å². The third-order valence-electron chi connectivity index (χ3n) is 7.57. The average Bonchev–Trinajstić information content (AvgIpc) is 2.72. The van der Waals surface area contributed by atoms with Gasteiger partial charge in [-0.2, -0.15) is 0 Å². The summed E-state index contributed by atoms with van der Waals surface area (Å²) in [5.41, 5.74) is 1.05. The zero-order valence-electron chi connectivity index (χ0n) is 19.3. The number of halogens is 2. The maximum Gasteiger partial charge on any atom is 0.0728 e. The van der Waals surface area contributed by atoms with E-state index < -0.39 is 5.60 Å². The molecule has 3 nitrogen and oxygen atoms in total. The molecule has 2 N–H and O–H groups in total. The van der Waals surface area contributed by atoms with Gasteiger partial charge in [-0.25, -0.2) is 0 Å². The normalized spacial score (nSPS) is 26.0. The van der Waals surface area contributed by atoms with Crippen molar-refractivity contribution < 1.29 is 5.11 Å². The highest BCUT2D eigenvalue weighted by molar-refractivity contribution is 5.86. The summed E-state index contributed by atoms with van der Waals surface area (Å²) in [6, 6.07) is 15.3. The fourth-order valence-electron chi connectivity index (χ4n) is 5.60. The van der Waals surface area contributed by atoms with Gasteiger partial charge in [0.05, 0.1) is 5.60 Å². The van der Waals surface area contributed by atoms with E-state index in [-0.39, 0.29) is 30.7 Å². The highest BCUT2D eigenvalue weighted by Gasteiger charge is 2.44. The van der Waals surface area contributed by atoms with E-state index in [9.17, 15) is 5.11 Å². The molecular weight excluding hydrogens is 427 g/mol. The van der Waals surface area contributed by atoms with Gasteiger partial charge in [0.1, 0.15) is 0 Å². The zero-order valence-corrected chi connectivity index (χ0v) is 20.9. The summed E-state index contributed by atoms with van der Waals surface area (Å²) in [6.45, 7) is 12.2. The van der Waals surface area contributed by atoms with Crippen molar-refractivity contribution in [2.75, 3.05) is 32.7 Å². The fourth-order valence-corrected chi connectivity index (χ4v) is 5.60. The van der Waals surface area contributed by atoms with E-state index in [0.717, 1.165) is 58.4 Å². The van der Waals surface area contributed by atoms with E-state index in [2.05, 4.69) is 73.5 Å². The summed E-state index contributed by atoms with van der Waals surface area (Å²) in [6.07, 6.45) is 4.08. The molecule has 2 aromatic carbocycles. The maximum absolute atomic E-state index is 12.0. The predicted molar refractivity (Wildman–Crippen MR) is 137 cm³/mol. The molecule has 2 aromatic rings. The van der Waals surface area contributed by atoms with Crippen molar-refractivity contribution in [2.45, 2.75) is 58.0 Å². The molecule has 4 rings (SSSR count). The molecule has 31 heavy (non-hydrogen) atoms. The standard InChI is InChI=1S/C26H38N2O.2ClH/c1-25(2,3)21-11-13-26(29,14-12-21)24(19-28-17-15-27-16-18-28)23-10-6-8-20-7-4-5-9-22(20)23;;/h4-10,21,24,27,29H,11-19H2,1-3H3;2*1H. The molecule has 174 valence electrons. The Morgan fingerprint density at radius 1 is 1.00 bits per heavy atom. The molecule has 1 atom stereocenters. The molecule has 1 saturated heterocycles. The SMILES string of the molecule is CC(C)(C)C1CCC(O)(C(CN2CCNCC2)c2cccc3ccccc23)CC1.Cl.Cl. The molecule has 2 fully saturated rings. The summed E-state index contributed by atoms with van der Waals surface area (Å²) in [4.78, 5) is 2.55. The van der Waals surface area contributed by atoms with Crippen LogP contribution in [0.15, 0.2) is 42.5 Å². The van der Waals surface area contributed by atoms with E-state index in [1.165, 1.54) is 16.3 Å². The highest BCUT2D eigenvalue weighted by Crippen LogP contribution is 2.47. The van der Waals surface area contributed by atoms with Crippen molar-refractivity contribution in [3.63, 3.8) is 0 Å². The van der Waals surface area contributed by atoms with Gasteiger partial charge in [0.25, 0.3) is 0 Å². The minimum absolute atomic E-state index is 0. The number of hydrogen-bond acceptors (Lipinski definition) is 3. The monoisotopic (exact) mass is 466 g/mol. The lowest BCUT2D eigenvalue weighted by atomic mass is 9.64. The Morgan fingerprint density at radius 3 is 2.26 bits per heavy atom. The van der Waals surface area contributed by atoms with Gasteiger partial charge >= 0.3 is 0 Å². The van der Waals surface area contributed by atoms with E-state index >= 15 is 0 Å². The minimum Gasteiger partial charge on any atom is -0.389 e. The first-order valence-electron chi connectivity index (χ1n) is 11.5. The number of nitrogens with one attached hydrogen (secondary N) is 1. The summed E-state index contributed by atoms with van der Waals surface area (Å²) in [5, 5.41) is 18.1. The molecule has 1 aliphatic heterocycles. The van der Waals surface area contributed by atoms with Crippen LogP contribution in [0.25, 0.3) is 10.8 Å². The Morgan fingerprint density at radius 2 is 1.61 bits per heavy atom. The fraction of sp³-hybridized carbons (Fsp3) is 0.615. The van der Waals surface area contributed by atoms with Gasteiger partial charge in [-0.15, -0.1) is 24.8 Å². The number of nitrogens with zero attached hydrogens (tertiary/aromatic N) is 1. The molecule has 0 aromatic heterocycles. The van der Waals surface area contributed by atoms with Crippen LogP contribution in [0.3, 0.4) is 0 Å². The van der Waals surface area contributed by atoms with Crippen molar-refractivity contribution in [3.05, 3.63) is 48.0 Å². The van der Waals surface area contributed by atoms with Crippen LogP contribution in [0, 0.1) is 11.3 Å². The lowest BCUT2D eigenvalue weighted by Gasteiger charge is -2.47. The number of fused-ring (bicyclic) bond motifs is 1. The molecular formula is C26H40Cl2N2O. The van der Waals surface area contributed by atoms with Gasteiger partial charge in [-0.05, 0) is 53.4 Å². The smallest absolute Gasteiger partial charge is 0.0728 e. The predicted octanol–water partition coefficient (Wildman–Crippen LogP) is 5.64. The molecule has 0 bridgehead atoms. The number of piperazine rings is 1. The van der Waals surface area contributed by atoms with Crippen LogP contribution in [0.2, 0.25) is 0 Å². The van der Waals surface area contributed by atoms with Gasteiger partial charge in [-0.3, -0.25) is 0 Å². The van der Waals surface area contributed by atoms with Gasteiger partial charge < -0.3 is 15.3 Å². The summed E-state index contributed by atoms with van der Waals surface area (Å²) < 4.78 is 0. The summed E-state index contributed by atoms with van der Waals surface area (Å²) in [5.74, 6) is 0.864. The molecule has 0 amide bonds. The van der Waals surface area contributed by atoms with Gasteiger partial charge in [0, 0.05) is 38.6 Å². The first-order chi connectivity index (χ1) is 13.9. The van der Waals surface area contributed by atoms with Crippen LogP contribution < -0.4 is 5.32 Å². The van der Waals surface area contributed by atoms with Crippen LogP contribution in [0.1, 0.15) is 57.9 Å². The third kappa shape index (κ3) is 5.94. The molecule has 1 heterocycles. The summed E-state index contributed by atoms with van der Waals surface area (Å²) in [7, 11) is 0. The van der Waals surface area contributed by atoms with E-state index in [1.54, 1.807) is 0 Å². The van der Waals surface area contributed by atoms with E-state index in [0.29, 0.717) is 11.3 Å². The molecule has 1 aliphatic carbocycles. The van der Waals surface area contributed by atoms with Crippen molar-refractivity contribution in [1.29, 1.82) is 0 Å². The lowest BCUT2D eigenvalue weighted by Crippen LogP contribution is -2.50. The molecule has 1 saturated carbocycles. The number of rotatable bonds is 4. The average molecular weight is 468 g/mol. The molecule has 0 radical (unpaired) electrons. The van der Waals surface area contributed by atoms with Crippen LogP contribution in [0.5, 0.6) is 0 Å². The number of benzene rings is 2. The molecule has 0 spiro atoms. The maximum atomic E-state index is 12.0. The Bertz CT molecular complexity index is 816. The Balaban J connectivity index is 0.00000171. The molecule has 1 unspecified atom stereocenters. The second kappa shape index (κ2) is 10.9. The zero-order chi connectivity index (χ0) is 20.5. The van der Waals surface area contributed by atoms with Crippen LogP contribution >= 0.6 is 24.8 Å². The number of aliphatic hydroxyl groups is 1. The van der Waals surface area contributed by atoms with Crippen molar-refractivity contribution in [1.82, 2.24) is 10.2 Å². The Hall–Kier alpha value is -0.840. The largest absolute Gasteiger partial charge is 0.389 e. The quantitative estimate of drug-likeness (QED) is 0.611. The second-order valence-corrected chi connectivity index (χ2v) is 10.4. The molecule has 2 aliphatic rings. The van der Waals surface area contributed by atoms with Crippen molar-refractivity contribution in [3.8, 4) is 0 Å². The molecule has 5 heteroatoms. The van der Waals surface area contributed by atoms with Crippen LogP contribution in [-0.2, 0) is 0 Å². The highest BCUT2D eigenvalue weighted by atomic mass is 35.5. The lowest BCUT2D eigenvalue weighted by molar-refractivity contribution is -0.0535. The number of hydrogen-bond donors (Lipinski definition) is 2. The third-order valence-corrected chi connectivity index (χ3v) is 7.57. The first kappa shape index (κ1) is 26.4. The van der Waals surface area contributed by atoms with Crippen molar-refractivity contribution in [2.24, 2.45) is 11.3 Å². The Kier molecular flexibility index (Phi) is 9.25. The van der Waals surface area contributed by atoms with E-state index in [1.807, 2.05) is 0 Å². The van der Waals surface area contributed by atoms with Gasteiger partial charge in [0.15, 0.2) is 0 Å². The minimum atomic E-state index is -0.614. The topological polar surface area (TPSA) is 35.5 Å². The van der Waals surface area contributed by atoms with Crippen LogP contribution in [0.4, 0.5) is 0 Å². The van der Waals surface area contributed by atoms with E-state index in [4.69, 9.17) is 0 Å². The summed E-state index contributed by atoms with van der Waals surface area (Å²) >= 11 is 0. The van der Waals surface area contributed by atoms with Crippen molar-refractivity contribution >= 4 is 35.6 Å². The van der Waals surface area contributed by atoms with Gasteiger partial charge in [0.2, 0.25) is 0 Å². The Labute approximate surface area is 200 Å². The first-order valence-corrected chi connectivity index (χ1v) is 11.5.